The zero-order valence-corrected chi connectivity index (χ0v) is 35.6. The SMILES string of the molecule is Cc1c(-c2ccc3c(c2)c2ccccc2n3-c2cc(-c3ccc4oc5ccccc5c4c3)cc(-n3c4ccccc4c4cc(-c5oc6ccccc6c5C)ccc43)c2)oc2ccccc12. The molecule has 0 unspecified atom stereocenters. The first-order valence-corrected chi connectivity index (χ1v) is 22.1. The third-order valence-corrected chi connectivity index (χ3v) is 13.7. The third-order valence-electron chi connectivity index (χ3n) is 13.7. The number of aromatic nitrogens is 2. The first kappa shape index (κ1) is 36.0. The summed E-state index contributed by atoms with van der Waals surface area (Å²) in [6.45, 7) is 4.31. The van der Waals surface area contributed by atoms with E-state index in [1.54, 1.807) is 0 Å². The summed E-state index contributed by atoms with van der Waals surface area (Å²) in [7, 11) is 0. The van der Waals surface area contributed by atoms with Gasteiger partial charge >= 0.3 is 0 Å². The monoisotopic (exact) mass is 834 g/mol. The van der Waals surface area contributed by atoms with E-state index in [4.69, 9.17) is 13.3 Å². The average molecular weight is 835 g/mol. The molecule has 65 heavy (non-hydrogen) atoms. The summed E-state index contributed by atoms with van der Waals surface area (Å²) in [5.41, 5.74) is 16.8. The molecule has 0 radical (unpaired) electrons. The maximum absolute atomic E-state index is 6.51. The van der Waals surface area contributed by atoms with Crippen LogP contribution in [-0.4, -0.2) is 9.13 Å². The van der Waals surface area contributed by atoms with Crippen molar-refractivity contribution in [1.29, 1.82) is 0 Å². The highest BCUT2D eigenvalue weighted by Gasteiger charge is 2.21. The van der Waals surface area contributed by atoms with Gasteiger partial charge in [0.25, 0.3) is 0 Å². The molecule has 0 aliphatic carbocycles. The fourth-order valence-electron chi connectivity index (χ4n) is 10.6. The minimum atomic E-state index is 0.877. The first-order valence-electron chi connectivity index (χ1n) is 22.1. The van der Waals surface area contributed by atoms with Gasteiger partial charge in [-0.15, -0.1) is 0 Å². The predicted octanol–water partition coefficient (Wildman–Crippen LogP) is 16.9. The molecule has 5 aromatic heterocycles. The third kappa shape index (κ3) is 5.27. The lowest BCUT2D eigenvalue weighted by Gasteiger charge is -2.16. The number of hydrogen-bond donors (Lipinski definition) is 0. The zero-order valence-electron chi connectivity index (χ0n) is 35.6. The Kier molecular flexibility index (Phi) is 7.47. The van der Waals surface area contributed by atoms with Gasteiger partial charge in [0.2, 0.25) is 0 Å². The van der Waals surface area contributed by atoms with Crippen molar-refractivity contribution in [2.45, 2.75) is 13.8 Å². The number of fused-ring (bicyclic) bond motifs is 11. The fraction of sp³-hybridized carbons (Fsp3) is 0.0333. The molecule has 5 nitrogen and oxygen atoms in total. The van der Waals surface area contributed by atoms with Crippen molar-refractivity contribution >= 4 is 87.5 Å². The minimum absolute atomic E-state index is 0.877. The number of hydrogen-bond acceptors (Lipinski definition) is 3. The van der Waals surface area contributed by atoms with Gasteiger partial charge in [0, 0.05) is 76.7 Å². The van der Waals surface area contributed by atoms with Crippen LogP contribution in [0.2, 0.25) is 0 Å². The molecular formula is C60H38N2O3. The molecule has 5 heteroatoms. The molecule has 5 heterocycles. The molecule has 0 fully saturated rings. The van der Waals surface area contributed by atoms with E-state index < -0.39 is 0 Å². The number of para-hydroxylation sites is 5. The smallest absolute Gasteiger partial charge is 0.138 e. The molecular weight excluding hydrogens is 797 g/mol. The van der Waals surface area contributed by atoms with Gasteiger partial charge in [0.1, 0.15) is 33.9 Å². The summed E-state index contributed by atoms with van der Waals surface area (Å²) in [4.78, 5) is 0. The van der Waals surface area contributed by atoms with Crippen LogP contribution < -0.4 is 0 Å². The number of aryl methyl sites for hydroxylation is 2. The minimum Gasteiger partial charge on any atom is -0.456 e. The van der Waals surface area contributed by atoms with Crippen molar-refractivity contribution < 1.29 is 13.3 Å². The molecule has 14 aromatic rings. The lowest BCUT2D eigenvalue weighted by Crippen LogP contribution is -2.00. The lowest BCUT2D eigenvalue weighted by atomic mass is 10.0. The standard InChI is InChI=1S/C60H38N2O3/c1-35-43-13-5-10-20-55(43)64-59(35)38-23-26-53-48(32-38)45-15-3-8-18-51(45)61(53)41-29-40(37-25-28-58-50(31-37)47-17-7-12-22-57(47)63-58)30-42(34-41)62-52-19-9-4-16-46(52)49-33-39(24-27-54(49)62)60-36(2)44-14-6-11-21-56(44)65-60/h3-34H,1-2H3. The maximum Gasteiger partial charge on any atom is 0.138 e. The normalized spacial score (nSPS) is 12.2. The molecule has 0 atom stereocenters. The van der Waals surface area contributed by atoms with Crippen molar-refractivity contribution in [3.8, 4) is 45.1 Å². The van der Waals surface area contributed by atoms with Gasteiger partial charge in [-0.2, -0.15) is 0 Å². The van der Waals surface area contributed by atoms with Crippen LogP contribution in [0.15, 0.2) is 207 Å². The van der Waals surface area contributed by atoms with E-state index in [1.807, 2.05) is 36.4 Å². The topological polar surface area (TPSA) is 49.3 Å². The predicted molar refractivity (Wildman–Crippen MR) is 268 cm³/mol. The van der Waals surface area contributed by atoms with Crippen molar-refractivity contribution in [2.24, 2.45) is 0 Å². The van der Waals surface area contributed by atoms with Crippen LogP contribution in [0, 0.1) is 13.8 Å². The largest absolute Gasteiger partial charge is 0.456 e. The van der Waals surface area contributed by atoms with Crippen molar-refractivity contribution in [3.05, 3.63) is 205 Å². The van der Waals surface area contributed by atoms with E-state index in [0.29, 0.717) is 0 Å². The lowest BCUT2D eigenvalue weighted by molar-refractivity contribution is 0.629. The highest BCUT2D eigenvalue weighted by molar-refractivity contribution is 6.13. The van der Waals surface area contributed by atoms with Crippen LogP contribution in [0.3, 0.4) is 0 Å². The molecule has 0 N–H and O–H groups in total. The molecule has 0 saturated carbocycles. The maximum atomic E-state index is 6.51. The van der Waals surface area contributed by atoms with Crippen LogP contribution in [0.1, 0.15) is 11.1 Å². The summed E-state index contributed by atoms with van der Waals surface area (Å²) >= 11 is 0. The average Bonchev–Trinajstić information content (AvgIpc) is 4.16. The van der Waals surface area contributed by atoms with Crippen molar-refractivity contribution in [3.63, 3.8) is 0 Å². The van der Waals surface area contributed by atoms with E-state index >= 15 is 0 Å². The molecule has 0 aliphatic heterocycles. The van der Waals surface area contributed by atoms with Crippen molar-refractivity contribution in [2.75, 3.05) is 0 Å². The Balaban J connectivity index is 1.03. The van der Waals surface area contributed by atoms with E-state index in [0.717, 1.165) is 122 Å². The quantitative estimate of drug-likeness (QED) is 0.174. The van der Waals surface area contributed by atoms with E-state index in [-0.39, 0.29) is 0 Å². The summed E-state index contributed by atoms with van der Waals surface area (Å²) in [6, 6.07) is 69.5. The molecule has 306 valence electrons. The van der Waals surface area contributed by atoms with Gasteiger partial charge < -0.3 is 22.4 Å². The van der Waals surface area contributed by atoms with Crippen LogP contribution in [0.25, 0.3) is 133 Å². The van der Waals surface area contributed by atoms with Gasteiger partial charge in [-0.25, -0.2) is 0 Å². The fourth-order valence-corrected chi connectivity index (χ4v) is 10.6. The Morgan fingerprint density at radius 1 is 0.277 bits per heavy atom. The Bertz CT molecular complexity index is 4060. The van der Waals surface area contributed by atoms with Crippen LogP contribution >= 0.6 is 0 Å². The van der Waals surface area contributed by atoms with Crippen LogP contribution in [0.4, 0.5) is 0 Å². The molecule has 0 amide bonds. The highest BCUT2D eigenvalue weighted by Crippen LogP contribution is 2.43. The van der Waals surface area contributed by atoms with E-state index in [1.165, 1.54) is 21.5 Å². The Morgan fingerprint density at radius 2 is 0.677 bits per heavy atom. The van der Waals surface area contributed by atoms with Gasteiger partial charge in [-0.1, -0.05) is 97.1 Å². The number of rotatable bonds is 5. The zero-order chi connectivity index (χ0) is 42.9. The molecule has 14 rings (SSSR count). The van der Waals surface area contributed by atoms with Gasteiger partial charge in [-0.3, -0.25) is 0 Å². The van der Waals surface area contributed by atoms with Gasteiger partial charge in [-0.05, 0) is 122 Å². The van der Waals surface area contributed by atoms with E-state index in [2.05, 4.69) is 181 Å². The molecule has 0 spiro atoms. The van der Waals surface area contributed by atoms with Gasteiger partial charge in [0.15, 0.2) is 0 Å². The Labute approximate surface area is 372 Å². The summed E-state index contributed by atoms with van der Waals surface area (Å²) < 4.78 is 24.2. The molecule has 0 bridgehead atoms. The summed E-state index contributed by atoms with van der Waals surface area (Å²) in [6.07, 6.45) is 0. The van der Waals surface area contributed by atoms with E-state index in [9.17, 15) is 0 Å². The second-order valence-corrected chi connectivity index (χ2v) is 17.3. The van der Waals surface area contributed by atoms with Crippen LogP contribution in [-0.2, 0) is 0 Å². The summed E-state index contributed by atoms with van der Waals surface area (Å²) in [5, 5.41) is 9.19. The number of nitrogens with zero attached hydrogens (tertiary/aromatic N) is 2. The molecule has 0 aliphatic rings. The molecule has 0 saturated heterocycles. The second kappa shape index (κ2) is 13.5. The summed E-state index contributed by atoms with van der Waals surface area (Å²) in [5.74, 6) is 1.81. The number of furan rings is 3. The first-order chi connectivity index (χ1) is 32.0. The van der Waals surface area contributed by atoms with Crippen molar-refractivity contribution in [1.82, 2.24) is 9.13 Å². The Morgan fingerprint density at radius 3 is 1.20 bits per heavy atom. The number of benzene rings is 9. The van der Waals surface area contributed by atoms with Gasteiger partial charge in [0.05, 0.1) is 22.1 Å². The highest BCUT2D eigenvalue weighted by atomic mass is 16.3. The Hall–Kier alpha value is -8.54. The van der Waals surface area contributed by atoms with Crippen LogP contribution in [0.5, 0.6) is 0 Å². The second-order valence-electron chi connectivity index (χ2n) is 17.3. The molecule has 9 aromatic carbocycles.